The topological polar surface area (TPSA) is 58.4 Å². The highest BCUT2D eigenvalue weighted by atomic mass is 16.1. The number of rotatable bonds is 9. The van der Waals surface area contributed by atoms with E-state index in [-0.39, 0.29) is 5.91 Å². The zero-order valence-electron chi connectivity index (χ0n) is 12.9. The van der Waals surface area contributed by atoms with E-state index in [0.29, 0.717) is 0 Å². The van der Waals surface area contributed by atoms with Gasteiger partial charge in [0.15, 0.2) is 0 Å². The lowest BCUT2D eigenvalue weighted by Gasteiger charge is -2.28. The van der Waals surface area contributed by atoms with Crippen molar-refractivity contribution in [2.24, 2.45) is 11.7 Å². The minimum Gasteiger partial charge on any atom is -0.368 e. The molecule has 1 heterocycles. The molecular formula is C15H31N3O. The fourth-order valence-electron chi connectivity index (χ4n) is 3.10. The SMILES string of the molecule is CCCC1CCN(CCCC(C)(NCC)C(N)=O)C1. The maximum Gasteiger partial charge on any atom is 0.237 e. The Morgan fingerprint density at radius 1 is 1.47 bits per heavy atom. The van der Waals surface area contributed by atoms with Gasteiger partial charge in [0.25, 0.3) is 0 Å². The molecule has 0 bridgehead atoms. The van der Waals surface area contributed by atoms with Crippen LogP contribution in [-0.2, 0) is 4.79 Å². The van der Waals surface area contributed by atoms with Crippen molar-refractivity contribution in [2.75, 3.05) is 26.2 Å². The molecule has 1 aliphatic heterocycles. The summed E-state index contributed by atoms with van der Waals surface area (Å²) in [5.41, 5.74) is 4.95. The number of nitrogens with two attached hydrogens (primary N) is 1. The van der Waals surface area contributed by atoms with E-state index in [1.165, 1.54) is 32.4 Å². The van der Waals surface area contributed by atoms with Crippen LogP contribution in [0, 0.1) is 5.92 Å². The van der Waals surface area contributed by atoms with Crippen molar-refractivity contribution in [3.05, 3.63) is 0 Å². The first-order chi connectivity index (χ1) is 9.01. The van der Waals surface area contributed by atoms with E-state index in [9.17, 15) is 4.79 Å². The maximum absolute atomic E-state index is 11.5. The molecule has 4 heteroatoms. The molecule has 0 radical (unpaired) electrons. The monoisotopic (exact) mass is 269 g/mol. The van der Waals surface area contributed by atoms with Gasteiger partial charge < -0.3 is 16.0 Å². The number of amides is 1. The first-order valence-electron chi connectivity index (χ1n) is 7.79. The van der Waals surface area contributed by atoms with Crippen LogP contribution in [0.3, 0.4) is 0 Å². The van der Waals surface area contributed by atoms with Gasteiger partial charge in [-0.15, -0.1) is 0 Å². The molecule has 1 amide bonds. The smallest absolute Gasteiger partial charge is 0.237 e. The van der Waals surface area contributed by atoms with E-state index in [4.69, 9.17) is 5.73 Å². The second-order valence-corrected chi connectivity index (χ2v) is 6.07. The van der Waals surface area contributed by atoms with Crippen molar-refractivity contribution in [3.8, 4) is 0 Å². The van der Waals surface area contributed by atoms with Gasteiger partial charge in [-0.25, -0.2) is 0 Å². The molecule has 4 nitrogen and oxygen atoms in total. The zero-order valence-corrected chi connectivity index (χ0v) is 12.9. The number of hydrogen-bond donors (Lipinski definition) is 2. The van der Waals surface area contributed by atoms with Gasteiger partial charge in [-0.2, -0.15) is 0 Å². The van der Waals surface area contributed by atoms with Crippen molar-refractivity contribution >= 4 is 5.91 Å². The van der Waals surface area contributed by atoms with Crippen molar-refractivity contribution in [1.29, 1.82) is 0 Å². The Bertz CT molecular complexity index is 283. The number of likely N-dealkylation sites (tertiary alicyclic amines) is 1. The Hall–Kier alpha value is -0.610. The Labute approximate surface area is 118 Å². The van der Waals surface area contributed by atoms with Gasteiger partial charge in [-0.3, -0.25) is 4.79 Å². The number of hydrogen-bond acceptors (Lipinski definition) is 3. The van der Waals surface area contributed by atoms with Gasteiger partial charge in [-0.05, 0) is 58.2 Å². The van der Waals surface area contributed by atoms with Crippen molar-refractivity contribution in [3.63, 3.8) is 0 Å². The highest BCUT2D eigenvalue weighted by Crippen LogP contribution is 2.21. The van der Waals surface area contributed by atoms with Crippen molar-refractivity contribution < 1.29 is 4.79 Å². The summed E-state index contributed by atoms with van der Waals surface area (Å²) in [7, 11) is 0. The van der Waals surface area contributed by atoms with Gasteiger partial charge in [0.1, 0.15) is 0 Å². The summed E-state index contributed by atoms with van der Waals surface area (Å²) < 4.78 is 0. The number of nitrogens with zero attached hydrogens (tertiary/aromatic N) is 1. The second-order valence-electron chi connectivity index (χ2n) is 6.07. The van der Waals surface area contributed by atoms with Crippen LogP contribution < -0.4 is 11.1 Å². The number of carbonyl (C=O) groups is 1. The fourth-order valence-corrected chi connectivity index (χ4v) is 3.10. The molecule has 19 heavy (non-hydrogen) atoms. The zero-order chi connectivity index (χ0) is 14.3. The predicted molar refractivity (Wildman–Crippen MR) is 80.0 cm³/mol. The van der Waals surface area contributed by atoms with Gasteiger partial charge in [0, 0.05) is 6.54 Å². The average molecular weight is 269 g/mol. The minimum absolute atomic E-state index is 0.236. The lowest BCUT2D eigenvalue weighted by Crippen LogP contribution is -2.53. The standard InChI is InChI=1S/C15H31N3O/c1-4-7-13-8-11-18(12-13)10-6-9-15(3,14(16)19)17-5-2/h13,17H,4-12H2,1-3H3,(H2,16,19). The molecule has 2 atom stereocenters. The van der Waals surface area contributed by atoms with Crippen LogP contribution in [0.25, 0.3) is 0 Å². The minimum atomic E-state index is -0.544. The molecule has 0 aliphatic carbocycles. The largest absolute Gasteiger partial charge is 0.368 e. The Kier molecular flexibility index (Phi) is 6.80. The van der Waals surface area contributed by atoms with Gasteiger partial charge in [0.2, 0.25) is 5.91 Å². The summed E-state index contributed by atoms with van der Waals surface area (Å²) in [6.45, 7) is 10.5. The van der Waals surface area contributed by atoms with Crippen LogP contribution in [0.1, 0.15) is 52.9 Å². The van der Waals surface area contributed by atoms with E-state index in [2.05, 4.69) is 17.1 Å². The molecule has 0 aromatic rings. The molecule has 0 aromatic heterocycles. The maximum atomic E-state index is 11.5. The number of likely N-dealkylation sites (N-methyl/N-ethyl adjacent to an activating group) is 1. The first-order valence-corrected chi connectivity index (χ1v) is 7.79. The molecule has 1 rings (SSSR count). The van der Waals surface area contributed by atoms with E-state index in [0.717, 1.165) is 31.8 Å². The van der Waals surface area contributed by atoms with E-state index in [1.807, 2.05) is 13.8 Å². The number of carbonyl (C=O) groups excluding carboxylic acids is 1. The Morgan fingerprint density at radius 3 is 2.79 bits per heavy atom. The molecule has 0 aromatic carbocycles. The van der Waals surface area contributed by atoms with Gasteiger partial charge in [0.05, 0.1) is 5.54 Å². The lowest BCUT2D eigenvalue weighted by atomic mass is 9.94. The lowest BCUT2D eigenvalue weighted by molar-refractivity contribution is -0.124. The predicted octanol–water partition coefficient (Wildman–Crippen LogP) is 1.74. The van der Waals surface area contributed by atoms with Gasteiger partial charge >= 0.3 is 0 Å². The van der Waals surface area contributed by atoms with Crippen LogP contribution in [0.4, 0.5) is 0 Å². The summed E-state index contributed by atoms with van der Waals surface area (Å²) >= 11 is 0. The van der Waals surface area contributed by atoms with Crippen molar-refractivity contribution in [2.45, 2.75) is 58.4 Å². The van der Waals surface area contributed by atoms with Crippen LogP contribution in [0.5, 0.6) is 0 Å². The first kappa shape index (κ1) is 16.4. The summed E-state index contributed by atoms with van der Waals surface area (Å²) in [4.78, 5) is 14.1. The molecular weight excluding hydrogens is 238 g/mol. The van der Waals surface area contributed by atoms with Gasteiger partial charge in [-0.1, -0.05) is 20.3 Å². The number of primary amides is 1. The summed E-state index contributed by atoms with van der Waals surface area (Å²) in [5, 5.41) is 3.22. The summed E-state index contributed by atoms with van der Waals surface area (Å²) in [5.74, 6) is 0.654. The van der Waals surface area contributed by atoms with Crippen LogP contribution in [-0.4, -0.2) is 42.5 Å². The van der Waals surface area contributed by atoms with E-state index < -0.39 is 5.54 Å². The third kappa shape index (κ3) is 5.11. The number of nitrogens with one attached hydrogen (secondary N) is 1. The molecule has 0 spiro atoms. The second kappa shape index (κ2) is 7.85. The highest BCUT2D eigenvalue weighted by molar-refractivity contribution is 5.84. The van der Waals surface area contributed by atoms with Crippen LogP contribution >= 0.6 is 0 Å². The van der Waals surface area contributed by atoms with Crippen LogP contribution in [0.15, 0.2) is 0 Å². The third-order valence-corrected chi connectivity index (χ3v) is 4.33. The van der Waals surface area contributed by atoms with E-state index >= 15 is 0 Å². The molecule has 1 fully saturated rings. The molecule has 112 valence electrons. The Morgan fingerprint density at radius 2 is 2.21 bits per heavy atom. The molecule has 3 N–H and O–H groups in total. The molecule has 2 unspecified atom stereocenters. The summed E-state index contributed by atoms with van der Waals surface area (Å²) in [6, 6.07) is 0. The highest BCUT2D eigenvalue weighted by Gasteiger charge is 2.30. The quantitative estimate of drug-likeness (QED) is 0.670. The molecule has 1 aliphatic rings. The van der Waals surface area contributed by atoms with Crippen molar-refractivity contribution in [1.82, 2.24) is 10.2 Å². The molecule has 0 saturated carbocycles. The average Bonchev–Trinajstić information content (AvgIpc) is 2.77. The normalized spacial score (nSPS) is 23.4. The third-order valence-electron chi connectivity index (χ3n) is 4.33. The van der Waals surface area contributed by atoms with E-state index in [1.54, 1.807) is 0 Å². The van der Waals surface area contributed by atoms with Crippen LogP contribution in [0.2, 0.25) is 0 Å². The Balaban J connectivity index is 2.27. The fraction of sp³-hybridized carbons (Fsp3) is 0.933. The molecule has 1 saturated heterocycles. The summed E-state index contributed by atoms with van der Waals surface area (Å²) in [6.07, 6.45) is 5.84.